The average molecular weight is 539 g/mol. The van der Waals surface area contributed by atoms with E-state index in [0.29, 0.717) is 28.6 Å². The van der Waals surface area contributed by atoms with E-state index in [4.69, 9.17) is 9.47 Å². The molecule has 5 rings (SSSR count). The Morgan fingerprint density at radius 1 is 1.21 bits per heavy atom. The maximum atomic E-state index is 13.9. The van der Waals surface area contributed by atoms with Gasteiger partial charge < -0.3 is 24.2 Å². The molecular weight excluding hydrogens is 516 g/mol. The van der Waals surface area contributed by atoms with Gasteiger partial charge in [0.05, 0.1) is 35.4 Å². The van der Waals surface area contributed by atoms with Gasteiger partial charge in [-0.3, -0.25) is 19.2 Å². The largest absolute Gasteiger partial charge is 0.460 e. The Kier molecular flexibility index (Phi) is 6.71. The van der Waals surface area contributed by atoms with Crippen molar-refractivity contribution in [3.8, 4) is 11.4 Å². The first-order valence-corrected chi connectivity index (χ1v) is 12.3. The van der Waals surface area contributed by atoms with Gasteiger partial charge in [-0.1, -0.05) is 6.92 Å². The Morgan fingerprint density at radius 3 is 2.72 bits per heavy atom. The van der Waals surface area contributed by atoms with Crippen LogP contribution >= 0.6 is 0 Å². The number of ether oxygens (including phenoxy) is 2. The number of benzene rings is 1. The monoisotopic (exact) mass is 539 g/mol. The number of aromatic nitrogens is 2. The van der Waals surface area contributed by atoms with Gasteiger partial charge >= 0.3 is 11.9 Å². The summed E-state index contributed by atoms with van der Waals surface area (Å²) in [5, 5.41) is 2.74. The lowest BCUT2D eigenvalue weighted by Crippen LogP contribution is -2.40. The number of carbonyl (C=O) groups is 4. The summed E-state index contributed by atoms with van der Waals surface area (Å²) in [4.78, 5) is 65.8. The molecule has 12 heteroatoms. The van der Waals surface area contributed by atoms with E-state index in [1.807, 2.05) is 0 Å². The number of hydrogen-bond acceptors (Lipinski definition) is 8. The van der Waals surface area contributed by atoms with Crippen molar-refractivity contribution < 1.29 is 37.4 Å². The molecule has 1 atom stereocenters. The molecule has 1 amide bonds. The van der Waals surface area contributed by atoms with Crippen LogP contribution in [0, 0.1) is 11.6 Å². The number of esters is 2. The minimum atomic E-state index is -1.57. The molecule has 2 aromatic heterocycles. The van der Waals surface area contributed by atoms with Crippen molar-refractivity contribution in [2.75, 3.05) is 6.54 Å². The van der Waals surface area contributed by atoms with Crippen LogP contribution in [0.3, 0.4) is 0 Å². The molecule has 2 aliphatic rings. The summed E-state index contributed by atoms with van der Waals surface area (Å²) in [6.07, 6.45) is 0.226. The van der Waals surface area contributed by atoms with Crippen LogP contribution in [0.1, 0.15) is 49.3 Å². The molecule has 1 N–H and O–H groups in total. The van der Waals surface area contributed by atoms with Gasteiger partial charge in [-0.25, -0.2) is 13.8 Å². The minimum Gasteiger partial charge on any atom is -0.460 e. The van der Waals surface area contributed by atoms with Gasteiger partial charge in [0.25, 0.3) is 5.56 Å². The first-order chi connectivity index (χ1) is 18.7. The topological polar surface area (TPSA) is 134 Å². The molecular formula is C27H23F2N3O7. The Bertz CT molecular complexity index is 1620. The normalized spacial score (nSPS) is 17.5. The van der Waals surface area contributed by atoms with Crippen LogP contribution in [0.25, 0.3) is 22.3 Å². The molecule has 0 saturated heterocycles. The van der Waals surface area contributed by atoms with Gasteiger partial charge in [0, 0.05) is 35.4 Å². The van der Waals surface area contributed by atoms with Gasteiger partial charge in [0.1, 0.15) is 25.0 Å². The summed E-state index contributed by atoms with van der Waals surface area (Å²) in [7, 11) is 0. The highest BCUT2D eigenvalue weighted by atomic mass is 19.2. The number of carbonyl (C=O) groups excluding carboxylic acids is 4. The predicted octanol–water partition coefficient (Wildman–Crippen LogP) is 2.39. The van der Waals surface area contributed by atoms with Crippen LogP contribution < -0.4 is 10.9 Å². The van der Waals surface area contributed by atoms with Crippen LogP contribution in [0.15, 0.2) is 29.1 Å². The number of amides is 1. The molecule has 10 nitrogen and oxygen atoms in total. The Hall–Kier alpha value is -4.48. The number of pyridine rings is 2. The van der Waals surface area contributed by atoms with Crippen molar-refractivity contribution in [3.63, 3.8) is 0 Å². The second kappa shape index (κ2) is 10.0. The summed E-state index contributed by atoms with van der Waals surface area (Å²) < 4.78 is 40.2. The van der Waals surface area contributed by atoms with Crippen LogP contribution in [-0.2, 0) is 47.4 Å². The van der Waals surface area contributed by atoms with Gasteiger partial charge in [0.2, 0.25) is 5.91 Å². The standard InChI is InChI=1S/C27H23F2N3O7/c1-2-27(39-24(36)11-30-22(34)4-3-5-33)10-23(35)38-13-16-17(27)8-21-25-15(12-32(21)26(16)37)6-14-7-18(28)19(29)9-20(14)31-25/h5-9H,2-4,10-13H2,1H3,(H,30,34)/t27-/m1/s1. The van der Waals surface area contributed by atoms with E-state index < -0.39 is 47.2 Å². The fourth-order valence-corrected chi connectivity index (χ4v) is 5.03. The van der Waals surface area contributed by atoms with Gasteiger partial charge in [-0.05, 0) is 24.6 Å². The second-order valence-corrected chi connectivity index (χ2v) is 9.41. The highest BCUT2D eigenvalue weighted by molar-refractivity contribution is 5.85. The number of hydrogen-bond donors (Lipinski definition) is 1. The second-order valence-electron chi connectivity index (χ2n) is 9.41. The van der Waals surface area contributed by atoms with E-state index in [-0.39, 0.29) is 55.5 Å². The number of nitrogens with zero attached hydrogens (tertiary/aromatic N) is 2. The van der Waals surface area contributed by atoms with E-state index in [9.17, 15) is 32.8 Å². The van der Waals surface area contributed by atoms with E-state index in [0.717, 1.165) is 12.1 Å². The molecule has 0 saturated carbocycles. The van der Waals surface area contributed by atoms with E-state index >= 15 is 0 Å². The lowest BCUT2D eigenvalue weighted by Gasteiger charge is -2.32. The van der Waals surface area contributed by atoms with Crippen molar-refractivity contribution in [1.29, 1.82) is 0 Å². The van der Waals surface area contributed by atoms with E-state index in [1.54, 1.807) is 19.1 Å². The summed E-state index contributed by atoms with van der Waals surface area (Å²) in [5.74, 6) is -4.12. The fraction of sp³-hybridized carbons (Fsp3) is 0.333. The number of cyclic esters (lactones) is 1. The molecule has 3 aromatic rings. The molecule has 2 aliphatic heterocycles. The first kappa shape index (κ1) is 26.1. The number of halogens is 2. The highest BCUT2D eigenvalue weighted by Gasteiger charge is 2.44. The zero-order chi connectivity index (χ0) is 27.9. The van der Waals surface area contributed by atoms with Crippen LogP contribution in [0.5, 0.6) is 0 Å². The average Bonchev–Trinajstić information content (AvgIpc) is 3.19. The number of rotatable bonds is 7. The zero-order valence-electron chi connectivity index (χ0n) is 20.8. The smallest absolute Gasteiger partial charge is 0.326 e. The Balaban J connectivity index is 1.57. The number of fused-ring (bicyclic) bond motifs is 5. The first-order valence-electron chi connectivity index (χ1n) is 12.3. The van der Waals surface area contributed by atoms with Crippen LogP contribution in [-0.4, -0.2) is 40.2 Å². The zero-order valence-corrected chi connectivity index (χ0v) is 20.8. The Morgan fingerprint density at radius 2 is 1.97 bits per heavy atom. The van der Waals surface area contributed by atoms with Crippen molar-refractivity contribution in [2.24, 2.45) is 0 Å². The molecule has 1 aromatic carbocycles. The van der Waals surface area contributed by atoms with E-state index in [1.165, 1.54) is 4.57 Å². The summed E-state index contributed by atoms with van der Waals surface area (Å²) >= 11 is 0. The minimum absolute atomic E-state index is 0.000422. The molecule has 0 unspecified atom stereocenters. The lowest BCUT2D eigenvalue weighted by atomic mass is 9.85. The number of aldehydes is 1. The van der Waals surface area contributed by atoms with Crippen LogP contribution in [0.4, 0.5) is 8.78 Å². The summed E-state index contributed by atoms with van der Waals surface area (Å²) in [6, 6.07) is 5.27. The maximum absolute atomic E-state index is 13.9. The SMILES string of the molecule is CC[C@@]1(OC(=O)CNC(=O)CCC=O)CC(=O)OCc2c1cc1n(c2=O)Cc2cc3cc(F)c(F)cc3nc2-1. The van der Waals surface area contributed by atoms with Crippen LogP contribution in [0.2, 0.25) is 0 Å². The summed E-state index contributed by atoms with van der Waals surface area (Å²) in [6.45, 7) is 0.946. The predicted molar refractivity (Wildman–Crippen MR) is 131 cm³/mol. The molecule has 39 heavy (non-hydrogen) atoms. The van der Waals surface area contributed by atoms with Crippen molar-refractivity contribution in [1.82, 2.24) is 14.9 Å². The molecule has 0 bridgehead atoms. The third-order valence-electron chi connectivity index (χ3n) is 7.00. The summed E-state index contributed by atoms with van der Waals surface area (Å²) in [5.41, 5.74) is -0.101. The molecule has 4 heterocycles. The molecule has 202 valence electrons. The molecule has 0 aliphatic carbocycles. The Labute approximate surface area is 219 Å². The highest BCUT2D eigenvalue weighted by Crippen LogP contribution is 2.41. The molecule has 0 spiro atoms. The van der Waals surface area contributed by atoms with Crippen molar-refractivity contribution in [2.45, 2.75) is 51.4 Å². The van der Waals surface area contributed by atoms with E-state index in [2.05, 4.69) is 10.3 Å². The van der Waals surface area contributed by atoms with Gasteiger partial charge in [-0.15, -0.1) is 0 Å². The van der Waals surface area contributed by atoms with Crippen molar-refractivity contribution >= 4 is 35.0 Å². The third-order valence-corrected chi connectivity index (χ3v) is 7.00. The van der Waals surface area contributed by atoms with Crippen molar-refractivity contribution in [3.05, 3.63) is 62.9 Å². The quantitative estimate of drug-likeness (QED) is 0.280. The fourth-order valence-electron chi connectivity index (χ4n) is 5.03. The molecule has 0 radical (unpaired) electrons. The lowest BCUT2D eigenvalue weighted by molar-refractivity contribution is -0.167. The van der Waals surface area contributed by atoms with Gasteiger partial charge in [-0.2, -0.15) is 0 Å². The van der Waals surface area contributed by atoms with Gasteiger partial charge in [0.15, 0.2) is 11.6 Å². The maximum Gasteiger partial charge on any atom is 0.326 e. The third kappa shape index (κ3) is 4.66. The molecule has 0 fully saturated rings. The number of nitrogens with one attached hydrogen (secondary N) is 1.